The highest BCUT2D eigenvalue weighted by Gasteiger charge is 2.21. The molecule has 0 amide bonds. The van der Waals surface area contributed by atoms with Crippen molar-refractivity contribution >= 4 is 50.5 Å². The zero-order valence-corrected chi connectivity index (χ0v) is 18.5. The van der Waals surface area contributed by atoms with Crippen molar-refractivity contribution in [1.29, 1.82) is 0 Å². The van der Waals surface area contributed by atoms with E-state index in [1.807, 2.05) is 67.9 Å². The maximum absolute atomic E-state index is 13.3. The van der Waals surface area contributed by atoms with Gasteiger partial charge in [0.15, 0.2) is 11.4 Å². The zero-order valence-electron chi connectivity index (χ0n) is 17.7. The number of aryl methyl sites for hydroxylation is 2. The summed E-state index contributed by atoms with van der Waals surface area (Å²) in [7, 11) is 3.60. The molecule has 0 fully saturated rings. The van der Waals surface area contributed by atoms with Crippen LogP contribution in [0.15, 0.2) is 51.9 Å². The van der Waals surface area contributed by atoms with Gasteiger partial charge >= 0.3 is 0 Å². The second-order valence-electron chi connectivity index (χ2n) is 7.47. The molecule has 2 aromatic carbocycles. The predicted molar refractivity (Wildman–Crippen MR) is 123 cm³/mol. The lowest BCUT2D eigenvalue weighted by molar-refractivity contribution is 0.102. The van der Waals surface area contributed by atoms with Crippen molar-refractivity contribution in [2.45, 2.75) is 18.9 Å². The van der Waals surface area contributed by atoms with E-state index in [9.17, 15) is 4.79 Å². The number of rotatable bonds is 5. The molecule has 0 aliphatic carbocycles. The highest BCUT2D eigenvalue weighted by Crippen LogP contribution is 2.34. The molecule has 6 nitrogen and oxygen atoms in total. The fourth-order valence-electron chi connectivity index (χ4n) is 4.01. The van der Waals surface area contributed by atoms with Crippen LogP contribution in [0.3, 0.4) is 0 Å². The van der Waals surface area contributed by atoms with Gasteiger partial charge in [0.25, 0.3) is 0 Å². The van der Waals surface area contributed by atoms with Crippen molar-refractivity contribution < 1.29 is 13.9 Å². The molecule has 156 valence electrons. The number of furan rings is 1. The molecular weight excluding hydrogens is 410 g/mol. The SMILES string of the molecule is COc1ccc2c(c1)c(C(=O)CSc1nc(C)nc3c1oc1ccccc13)c(C)n2C. The van der Waals surface area contributed by atoms with Crippen molar-refractivity contribution in [1.82, 2.24) is 14.5 Å². The number of hydrogen-bond donors (Lipinski definition) is 0. The smallest absolute Gasteiger partial charge is 0.186 e. The van der Waals surface area contributed by atoms with Gasteiger partial charge in [-0.3, -0.25) is 4.79 Å². The lowest BCUT2D eigenvalue weighted by Gasteiger charge is -2.04. The van der Waals surface area contributed by atoms with Crippen LogP contribution in [0.2, 0.25) is 0 Å². The molecule has 0 saturated heterocycles. The van der Waals surface area contributed by atoms with Crippen molar-refractivity contribution in [3.8, 4) is 5.75 Å². The number of carbonyl (C=O) groups excluding carboxylic acids is 1. The Kier molecular flexibility index (Phi) is 4.70. The Hall–Kier alpha value is -3.32. The molecule has 0 bridgehead atoms. The third-order valence-corrected chi connectivity index (χ3v) is 6.58. The summed E-state index contributed by atoms with van der Waals surface area (Å²) in [4.78, 5) is 22.4. The van der Waals surface area contributed by atoms with Gasteiger partial charge in [-0.2, -0.15) is 0 Å². The number of ether oxygens (including phenoxy) is 1. The Morgan fingerprint density at radius 1 is 1.13 bits per heavy atom. The number of nitrogens with zero attached hydrogens (tertiary/aromatic N) is 3. The molecule has 31 heavy (non-hydrogen) atoms. The number of aromatic nitrogens is 3. The Balaban J connectivity index is 1.53. The van der Waals surface area contributed by atoms with E-state index in [2.05, 4.69) is 9.97 Å². The number of fused-ring (bicyclic) bond motifs is 4. The predicted octanol–water partition coefficient (Wildman–Crippen LogP) is 5.47. The van der Waals surface area contributed by atoms with E-state index in [0.717, 1.165) is 44.4 Å². The molecule has 0 unspecified atom stereocenters. The van der Waals surface area contributed by atoms with E-state index >= 15 is 0 Å². The molecule has 0 radical (unpaired) electrons. The first-order valence-electron chi connectivity index (χ1n) is 9.93. The number of carbonyl (C=O) groups is 1. The minimum absolute atomic E-state index is 0.0434. The highest BCUT2D eigenvalue weighted by atomic mass is 32.2. The number of Topliss-reactive ketones (excluding diaryl/α,β-unsaturated/α-hetero) is 1. The third-order valence-electron chi connectivity index (χ3n) is 5.62. The first-order chi connectivity index (χ1) is 15.0. The van der Waals surface area contributed by atoms with Crippen molar-refractivity contribution in [2.24, 2.45) is 7.05 Å². The number of benzene rings is 2. The highest BCUT2D eigenvalue weighted by molar-refractivity contribution is 8.00. The van der Waals surface area contributed by atoms with E-state index in [1.54, 1.807) is 7.11 Å². The molecule has 7 heteroatoms. The first kappa shape index (κ1) is 19.6. The van der Waals surface area contributed by atoms with Crippen LogP contribution in [0.5, 0.6) is 5.75 Å². The minimum Gasteiger partial charge on any atom is -0.497 e. The van der Waals surface area contributed by atoms with E-state index in [-0.39, 0.29) is 11.5 Å². The molecule has 0 saturated carbocycles. The summed E-state index contributed by atoms with van der Waals surface area (Å²) < 4.78 is 13.4. The van der Waals surface area contributed by atoms with E-state index < -0.39 is 0 Å². The monoisotopic (exact) mass is 431 g/mol. The summed E-state index contributed by atoms with van der Waals surface area (Å²) in [6.45, 7) is 3.82. The van der Waals surface area contributed by atoms with E-state index in [1.165, 1.54) is 11.8 Å². The standard InChI is InChI=1S/C24H21N3O3S/c1-13-21(17-11-15(29-4)9-10-18(17)27(13)3)19(28)12-31-24-23-22(25-14(2)26-24)16-7-5-6-8-20(16)30-23/h5-11H,12H2,1-4H3. The van der Waals surface area contributed by atoms with Crippen LogP contribution in [0, 0.1) is 13.8 Å². The van der Waals surface area contributed by atoms with Crippen LogP contribution in [-0.2, 0) is 7.05 Å². The molecule has 0 aliphatic rings. The van der Waals surface area contributed by atoms with Crippen LogP contribution in [0.25, 0.3) is 33.0 Å². The maximum atomic E-state index is 13.3. The molecule has 3 heterocycles. The summed E-state index contributed by atoms with van der Waals surface area (Å²) in [5, 5.41) is 2.54. The average molecular weight is 432 g/mol. The van der Waals surface area contributed by atoms with Crippen LogP contribution >= 0.6 is 11.8 Å². The lowest BCUT2D eigenvalue weighted by Crippen LogP contribution is -2.05. The third kappa shape index (κ3) is 3.16. The summed E-state index contributed by atoms with van der Waals surface area (Å²) in [5.41, 5.74) is 4.83. The number of ketones is 1. The van der Waals surface area contributed by atoms with Crippen molar-refractivity contribution in [3.05, 3.63) is 59.5 Å². The number of hydrogen-bond acceptors (Lipinski definition) is 6. The average Bonchev–Trinajstić information content (AvgIpc) is 3.26. The lowest BCUT2D eigenvalue weighted by atomic mass is 10.1. The zero-order chi connectivity index (χ0) is 21.7. The van der Waals surface area contributed by atoms with Gasteiger partial charge in [0, 0.05) is 34.6 Å². The molecule has 0 aliphatic heterocycles. The van der Waals surface area contributed by atoms with Crippen molar-refractivity contribution in [2.75, 3.05) is 12.9 Å². The quantitative estimate of drug-likeness (QED) is 0.209. The summed E-state index contributed by atoms with van der Waals surface area (Å²) >= 11 is 1.38. The number of thioether (sulfide) groups is 1. The van der Waals surface area contributed by atoms with Gasteiger partial charge in [-0.05, 0) is 44.2 Å². The fraction of sp³-hybridized carbons (Fsp3) is 0.208. The maximum Gasteiger partial charge on any atom is 0.186 e. The number of methoxy groups -OCH3 is 1. The molecule has 5 aromatic rings. The minimum atomic E-state index is 0.0434. The normalized spacial score (nSPS) is 11.6. The van der Waals surface area contributed by atoms with Gasteiger partial charge in [0.1, 0.15) is 27.7 Å². The van der Waals surface area contributed by atoms with Crippen LogP contribution in [0.4, 0.5) is 0 Å². The Bertz CT molecular complexity index is 1480. The number of para-hydroxylation sites is 1. The first-order valence-corrected chi connectivity index (χ1v) is 10.9. The largest absolute Gasteiger partial charge is 0.497 e. The van der Waals surface area contributed by atoms with E-state index in [4.69, 9.17) is 9.15 Å². The molecule has 0 spiro atoms. The van der Waals surface area contributed by atoms with Gasteiger partial charge in [-0.25, -0.2) is 9.97 Å². The summed E-state index contributed by atoms with van der Waals surface area (Å²) in [6.07, 6.45) is 0. The van der Waals surface area contributed by atoms with Gasteiger partial charge in [0.05, 0.1) is 12.9 Å². The molecule has 3 aromatic heterocycles. The van der Waals surface area contributed by atoms with Crippen molar-refractivity contribution in [3.63, 3.8) is 0 Å². The Morgan fingerprint density at radius 3 is 2.74 bits per heavy atom. The van der Waals surface area contributed by atoms with Gasteiger partial charge in [-0.15, -0.1) is 0 Å². The van der Waals surface area contributed by atoms with Crippen LogP contribution in [0.1, 0.15) is 21.9 Å². The molecule has 0 atom stereocenters. The Morgan fingerprint density at radius 2 is 1.94 bits per heavy atom. The molecule has 0 N–H and O–H groups in total. The molecular formula is C24H21N3O3S. The Labute approximate surface area is 183 Å². The second-order valence-corrected chi connectivity index (χ2v) is 8.43. The van der Waals surface area contributed by atoms with Gasteiger partial charge < -0.3 is 13.7 Å². The van der Waals surface area contributed by atoms with E-state index in [0.29, 0.717) is 16.4 Å². The van der Waals surface area contributed by atoms with Crippen LogP contribution < -0.4 is 4.74 Å². The van der Waals surface area contributed by atoms with Gasteiger partial charge in [0.2, 0.25) is 0 Å². The fourth-order valence-corrected chi connectivity index (χ4v) is 4.88. The summed E-state index contributed by atoms with van der Waals surface area (Å²) in [5.74, 6) is 1.68. The van der Waals surface area contributed by atoms with Gasteiger partial charge in [-0.1, -0.05) is 23.9 Å². The van der Waals surface area contributed by atoms with Crippen LogP contribution in [-0.4, -0.2) is 33.2 Å². The molecule has 5 rings (SSSR count). The second kappa shape index (κ2) is 7.42. The topological polar surface area (TPSA) is 70.2 Å². The summed E-state index contributed by atoms with van der Waals surface area (Å²) in [6, 6.07) is 13.6.